The highest BCUT2D eigenvalue weighted by Gasteiger charge is 2.09. The van der Waals surface area contributed by atoms with Crippen LogP contribution in [0.5, 0.6) is 0 Å². The van der Waals surface area contributed by atoms with Gasteiger partial charge in [-0.05, 0) is 38.4 Å². The number of ketones is 1. The first-order valence-electron chi connectivity index (χ1n) is 6.31. The molecule has 0 aliphatic carbocycles. The van der Waals surface area contributed by atoms with Gasteiger partial charge in [-0.25, -0.2) is 4.98 Å². The molecule has 2 heterocycles. The summed E-state index contributed by atoms with van der Waals surface area (Å²) in [6, 6.07) is 3.83. The van der Waals surface area contributed by atoms with Crippen LogP contribution in [-0.4, -0.2) is 29.3 Å². The maximum atomic E-state index is 11.8. The first-order chi connectivity index (χ1) is 9.16. The van der Waals surface area contributed by atoms with E-state index in [1.54, 1.807) is 11.3 Å². The quantitative estimate of drug-likeness (QED) is 0.731. The summed E-state index contributed by atoms with van der Waals surface area (Å²) in [6.45, 7) is 3.90. The van der Waals surface area contributed by atoms with Crippen molar-refractivity contribution in [3.63, 3.8) is 0 Å². The number of aryl methyl sites for hydroxylation is 1. The van der Waals surface area contributed by atoms with Crippen molar-refractivity contribution in [3.8, 4) is 0 Å². The van der Waals surface area contributed by atoms with E-state index < -0.39 is 0 Å². The molecule has 19 heavy (non-hydrogen) atoms. The summed E-state index contributed by atoms with van der Waals surface area (Å²) in [7, 11) is 2.09. The van der Waals surface area contributed by atoms with Crippen molar-refractivity contribution in [2.45, 2.75) is 26.3 Å². The van der Waals surface area contributed by atoms with Gasteiger partial charge in [0.2, 0.25) is 0 Å². The van der Waals surface area contributed by atoms with E-state index >= 15 is 0 Å². The Morgan fingerprint density at radius 1 is 1.42 bits per heavy atom. The smallest absolute Gasteiger partial charge is 0.172 e. The minimum Gasteiger partial charge on any atom is -0.301 e. The molecule has 5 heteroatoms. The lowest BCUT2D eigenvalue weighted by molar-refractivity contribution is 0.0980. The summed E-state index contributed by atoms with van der Waals surface area (Å²) in [5, 5.41) is 1.95. The average molecular weight is 294 g/mol. The Kier molecular flexibility index (Phi) is 5.24. The molecule has 0 saturated heterocycles. The number of Topliss-reactive ketones (excluding diaryl/α,β-unsaturated/α-hetero) is 1. The number of hydrogen-bond donors (Lipinski definition) is 0. The Morgan fingerprint density at radius 2 is 2.26 bits per heavy atom. The Balaban J connectivity index is 1.71. The molecule has 2 aromatic heterocycles. The fraction of sp³-hybridized carbons (Fsp3) is 0.429. The van der Waals surface area contributed by atoms with Crippen LogP contribution in [0.15, 0.2) is 23.0 Å². The van der Waals surface area contributed by atoms with E-state index in [0.717, 1.165) is 30.1 Å². The Labute approximate surface area is 121 Å². The third kappa shape index (κ3) is 4.23. The maximum Gasteiger partial charge on any atom is 0.172 e. The van der Waals surface area contributed by atoms with Crippen LogP contribution < -0.4 is 0 Å². The van der Waals surface area contributed by atoms with Gasteiger partial charge in [-0.3, -0.25) is 4.79 Å². The molecule has 102 valence electrons. The largest absolute Gasteiger partial charge is 0.301 e. The standard InChI is InChI=1S/C14H18N2OS2/c1-11-14(19-10-15-11)9-16(2)7-3-5-12(17)13-6-4-8-18-13/h4,6,8,10H,3,5,7,9H2,1-2H3. The molecule has 0 amide bonds. The average Bonchev–Trinajstić information content (AvgIpc) is 3.02. The van der Waals surface area contributed by atoms with Gasteiger partial charge in [0.15, 0.2) is 5.78 Å². The fourth-order valence-corrected chi connectivity index (χ4v) is 3.42. The second kappa shape index (κ2) is 6.93. The lowest BCUT2D eigenvalue weighted by Crippen LogP contribution is -2.19. The first kappa shape index (κ1) is 14.4. The molecule has 0 aromatic carbocycles. The number of nitrogens with zero attached hydrogens (tertiary/aromatic N) is 2. The molecule has 0 unspecified atom stereocenters. The van der Waals surface area contributed by atoms with E-state index in [-0.39, 0.29) is 5.78 Å². The minimum atomic E-state index is 0.261. The van der Waals surface area contributed by atoms with Crippen LogP contribution in [0.25, 0.3) is 0 Å². The Morgan fingerprint density at radius 3 is 2.89 bits per heavy atom. The Hall–Kier alpha value is -1.04. The van der Waals surface area contributed by atoms with Gasteiger partial charge in [-0.15, -0.1) is 22.7 Å². The molecular formula is C14H18N2OS2. The van der Waals surface area contributed by atoms with Crippen LogP contribution >= 0.6 is 22.7 Å². The number of aromatic nitrogens is 1. The molecule has 0 spiro atoms. The van der Waals surface area contributed by atoms with Gasteiger partial charge in [-0.1, -0.05) is 6.07 Å². The van der Waals surface area contributed by atoms with Crippen LogP contribution in [0.2, 0.25) is 0 Å². The molecule has 0 aliphatic rings. The van der Waals surface area contributed by atoms with Crippen LogP contribution in [0.3, 0.4) is 0 Å². The number of carbonyl (C=O) groups excluding carboxylic acids is 1. The summed E-state index contributed by atoms with van der Waals surface area (Å²) >= 11 is 3.22. The van der Waals surface area contributed by atoms with Crippen molar-refractivity contribution in [2.24, 2.45) is 0 Å². The summed E-state index contributed by atoms with van der Waals surface area (Å²) in [5.41, 5.74) is 3.00. The summed E-state index contributed by atoms with van der Waals surface area (Å²) in [4.78, 5) is 20.5. The van der Waals surface area contributed by atoms with Gasteiger partial charge in [0.05, 0.1) is 16.1 Å². The molecule has 0 radical (unpaired) electrons. The predicted octanol–water partition coefficient (Wildman–Crippen LogP) is 3.61. The zero-order valence-electron chi connectivity index (χ0n) is 11.3. The van der Waals surface area contributed by atoms with Crippen LogP contribution in [0, 0.1) is 6.92 Å². The van der Waals surface area contributed by atoms with Crippen molar-refractivity contribution in [1.29, 1.82) is 0 Å². The number of carbonyl (C=O) groups is 1. The minimum absolute atomic E-state index is 0.261. The van der Waals surface area contributed by atoms with Gasteiger partial charge in [0, 0.05) is 17.8 Å². The number of thiophene rings is 1. The van der Waals surface area contributed by atoms with Crippen molar-refractivity contribution >= 4 is 28.5 Å². The molecule has 0 N–H and O–H groups in total. The highest BCUT2D eigenvalue weighted by molar-refractivity contribution is 7.12. The van der Waals surface area contributed by atoms with Crippen molar-refractivity contribution in [2.75, 3.05) is 13.6 Å². The molecule has 0 aliphatic heterocycles. The SMILES string of the molecule is Cc1ncsc1CN(C)CCCC(=O)c1cccs1. The second-order valence-electron chi connectivity index (χ2n) is 4.60. The summed E-state index contributed by atoms with van der Waals surface area (Å²) in [6.07, 6.45) is 1.54. The molecule has 2 rings (SSSR count). The second-order valence-corrected chi connectivity index (χ2v) is 6.49. The zero-order valence-corrected chi connectivity index (χ0v) is 12.9. The van der Waals surface area contributed by atoms with E-state index in [2.05, 4.69) is 16.9 Å². The summed E-state index contributed by atoms with van der Waals surface area (Å²) in [5.74, 6) is 0.261. The number of thiazole rings is 1. The van der Waals surface area contributed by atoms with E-state index in [4.69, 9.17) is 0 Å². The van der Waals surface area contributed by atoms with Crippen molar-refractivity contribution in [3.05, 3.63) is 38.5 Å². The third-order valence-corrected chi connectivity index (χ3v) is 4.83. The lowest BCUT2D eigenvalue weighted by Gasteiger charge is -2.15. The van der Waals surface area contributed by atoms with Gasteiger partial charge >= 0.3 is 0 Å². The van der Waals surface area contributed by atoms with Crippen molar-refractivity contribution in [1.82, 2.24) is 9.88 Å². The molecule has 0 fully saturated rings. The molecule has 0 saturated carbocycles. The van der Waals surface area contributed by atoms with E-state index in [1.807, 2.05) is 29.9 Å². The van der Waals surface area contributed by atoms with Gasteiger partial charge in [0.25, 0.3) is 0 Å². The van der Waals surface area contributed by atoms with Gasteiger partial charge < -0.3 is 4.90 Å². The molecule has 3 nitrogen and oxygen atoms in total. The summed E-state index contributed by atoms with van der Waals surface area (Å²) < 4.78 is 0. The zero-order chi connectivity index (χ0) is 13.7. The van der Waals surface area contributed by atoms with Gasteiger partial charge in [-0.2, -0.15) is 0 Å². The highest BCUT2D eigenvalue weighted by atomic mass is 32.1. The fourth-order valence-electron chi connectivity index (χ4n) is 1.87. The Bertz CT molecular complexity index is 519. The van der Waals surface area contributed by atoms with E-state index in [1.165, 1.54) is 16.2 Å². The number of rotatable bonds is 7. The van der Waals surface area contributed by atoms with E-state index in [0.29, 0.717) is 6.42 Å². The molecule has 0 bridgehead atoms. The first-order valence-corrected chi connectivity index (χ1v) is 8.07. The van der Waals surface area contributed by atoms with Crippen LogP contribution in [0.1, 0.15) is 33.1 Å². The lowest BCUT2D eigenvalue weighted by atomic mass is 10.2. The third-order valence-electron chi connectivity index (χ3n) is 3.00. The highest BCUT2D eigenvalue weighted by Crippen LogP contribution is 2.15. The maximum absolute atomic E-state index is 11.8. The predicted molar refractivity (Wildman–Crippen MR) is 81.1 cm³/mol. The van der Waals surface area contributed by atoms with E-state index in [9.17, 15) is 4.79 Å². The van der Waals surface area contributed by atoms with Gasteiger partial charge in [0.1, 0.15) is 0 Å². The number of hydrogen-bond acceptors (Lipinski definition) is 5. The molecule has 0 atom stereocenters. The molecule has 2 aromatic rings. The van der Waals surface area contributed by atoms with Crippen molar-refractivity contribution < 1.29 is 4.79 Å². The van der Waals surface area contributed by atoms with Crippen LogP contribution in [0.4, 0.5) is 0 Å². The van der Waals surface area contributed by atoms with Crippen LogP contribution in [-0.2, 0) is 6.54 Å². The monoisotopic (exact) mass is 294 g/mol. The molecular weight excluding hydrogens is 276 g/mol. The normalized spacial score (nSPS) is 11.1. The topological polar surface area (TPSA) is 33.2 Å².